The molecule has 5 aromatic rings. The van der Waals surface area contributed by atoms with Crippen LogP contribution in [0.2, 0.25) is 0 Å². The SMILES string of the molecule is C=C(C)C(=O)OCC(O)COc1c2ccccc2cc2cccc(Sc3ccc4ccccc4c3)c12. The maximum absolute atomic E-state index is 11.7. The molecule has 0 radical (unpaired) electrons. The molecule has 0 heterocycles. The van der Waals surface area contributed by atoms with Crippen LogP contribution in [0.25, 0.3) is 32.3 Å². The van der Waals surface area contributed by atoms with Gasteiger partial charge in [-0.15, -0.1) is 0 Å². The lowest BCUT2D eigenvalue weighted by Gasteiger charge is -2.18. The minimum atomic E-state index is -0.970. The zero-order valence-corrected chi connectivity index (χ0v) is 20.8. The van der Waals surface area contributed by atoms with Crippen molar-refractivity contribution in [1.82, 2.24) is 0 Å². The number of rotatable bonds is 8. The third kappa shape index (κ3) is 5.08. The van der Waals surface area contributed by atoms with Crippen LogP contribution < -0.4 is 4.74 Å². The molecular formula is C31H26O4S. The Balaban J connectivity index is 1.51. The van der Waals surface area contributed by atoms with Crippen LogP contribution in [0.5, 0.6) is 5.75 Å². The number of hydrogen-bond donors (Lipinski definition) is 1. The highest BCUT2D eigenvalue weighted by Crippen LogP contribution is 2.43. The predicted octanol–water partition coefficient (Wildman–Crippen LogP) is 7.16. The van der Waals surface area contributed by atoms with Crippen LogP contribution in [0.4, 0.5) is 0 Å². The van der Waals surface area contributed by atoms with Gasteiger partial charge in [-0.2, -0.15) is 0 Å². The lowest BCUT2D eigenvalue weighted by molar-refractivity contribution is -0.142. The number of carbonyl (C=O) groups excluding carboxylic acids is 1. The Bertz CT molecular complexity index is 1590. The van der Waals surface area contributed by atoms with Crippen LogP contribution in [0.3, 0.4) is 0 Å². The van der Waals surface area contributed by atoms with Crippen molar-refractivity contribution in [3.8, 4) is 5.75 Å². The number of ether oxygens (including phenoxy) is 2. The van der Waals surface area contributed by atoms with Crippen LogP contribution in [0, 0.1) is 0 Å². The Hall–Kier alpha value is -3.80. The molecule has 0 spiro atoms. The fourth-order valence-corrected chi connectivity index (χ4v) is 5.19. The Labute approximate surface area is 214 Å². The number of benzene rings is 5. The number of hydrogen-bond acceptors (Lipinski definition) is 5. The summed E-state index contributed by atoms with van der Waals surface area (Å²) in [5.41, 5.74) is 0.290. The highest BCUT2D eigenvalue weighted by molar-refractivity contribution is 7.99. The van der Waals surface area contributed by atoms with Crippen LogP contribution in [-0.4, -0.2) is 30.4 Å². The molecule has 0 aromatic heterocycles. The molecule has 1 atom stereocenters. The monoisotopic (exact) mass is 494 g/mol. The van der Waals surface area contributed by atoms with Gasteiger partial charge in [0.15, 0.2) is 0 Å². The minimum absolute atomic E-state index is 0.0123. The van der Waals surface area contributed by atoms with Crippen LogP contribution in [0.1, 0.15) is 6.92 Å². The van der Waals surface area contributed by atoms with Gasteiger partial charge < -0.3 is 14.6 Å². The van der Waals surface area contributed by atoms with E-state index >= 15 is 0 Å². The van der Waals surface area contributed by atoms with Gasteiger partial charge in [-0.25, -0.2) is 4.79 Å². The second kappa shape index (κ2) is 10.4. The minimum Gasteiger partial charge on any atom is -0.489 e. The first kappa shape index (κ1) is 23.9. The average Bonchev–Trinajstić information content (AvgIpc) is 2.89. The van der Waals surface area contributed by atoms with Gasteiger partial charge in [0, 0.05) is 26.1 Å². The highest BCUT2D eigenvalue weighted by Gasteiger charge is 2.16. The highest BCUT2D eigenvalue weighted by atomic mass is 32.2. The number of fused-ring (bicyclic) bond motifs is 3. The zero-order chi connectivity index (χ0) is 25.1. The van der Waals surface area contributed by atoms with Crippen molar-refractivity contribution in [1.29, 1.82) is 0 Å². The molecule has 5 rings (SSSR count). The molecule has 1 unspecified atom stereocenters. The van der Waals surface area contributed by atoms with Crippen LogP contribution >= 0.6 is 11.8 Å². The van der Waals surface area contributed by atoms with Crippen LogP contribution in [0.15, 0.2) is 113 Å². The summed E-state index contributed by atoms with van der Waals surface area (Å²) in [5, 5.41) is 16.9. The molecule has 0 bridgehead atoms. The zero-order valence-electron chi connectivity index (χ0n) is 19.9. The topological polar surface area (TPSA) is 55.8 Å². The van der Waals surface area contributed by atoms with Crippen molar-refractivity contribution in [3.05, 3.63) is 103 Å². The molecule has 36 heavy (non-hydrogen) atoms. The van der Waals surface area contributed by atoms with Crippen molar-refractivity contribution in [2.24, 2.45) is 0 Å². The van der Waals surface area contributed by atoms with Crippen molar-refractivity contribution in [2.45, 2.75) is 22.8 Å². The van der Waals surface area contributed by atoms with E-state index in [1.165, 1.54) is 10.8 Å². The van der Waals surface area contributed by atoms with E-state index in [0.717, 1.165) is 31.3 Å². The molecule has 0 aliphatic carbocycles. The normalized spacial score (nSPS) is 12.1. The van der Waals surface area contributed by atoms with E-state index in [1.54, 1.807) is 18.7 Å². The first-order valence-corrected chi connectivity index (χ1v) is 12.6. The van der Waals surface area contributed by atoms with E-state index in [4.69, 9.17) is 9.47 Å². The number of aliphatic hydroxyl groups excluding tert-OH is 1. The maximum atomic E-state index is 11.7. The summed E-state index contributed by atoms with van der Waals surface area (Å²) in [4.78, 5) is 13.9. The van der Waals surface area contributed by atoms with Gasteiger partial charge in [0.05, 0.1) is 0 Å². The van der Waals surface area contributed by atoms with E-state index in [0.29, 0.717) is 11.3 Å². The van der Waals surface area contributed by atoms with Crippen molar-refractivity contribution < 1.29 is 19.4 Å². The van der Waals surface area contributed by atoms with Crippen molar-refractivity contribution in [2.75, 3.05) is 13.2 Å². The molecule has 0 aliphatic rings. The summed E-state index contributed by atoms with van der Waals surface area (Å²) in [5.74, 6) is 0.177. The van der Waals surface area contributed by atoms with Crippen molar-refractivity contribution >= 4 is 50.0 Å². The van der Waals surface area contributed by atoms with E-state index in [-0.39, 0.29) is 13.2 Å². The standard InChI is InChI=1S/C31H26O4S/c1-20(2)31(33)35-19-25(32)18-34-30-27-12-6-5-10-23(27)16-24-11-7-13-28(29(24)30)36-26-15-14-21-8-3-4-9-22(21)17-26/h3-17,25,32H,1,18-19H2,2H3. The molecule has 0 fully saturated rings. The molecule has 0 saturated carbocycles. The fraction of sp³-hybridized carbons (Fsp3) is 0.129. The Morgan fingerprint density at radius 2 is 1.58 bits per heavy atom. The smallest absolute Gasteiger partial charge is 0.333 e. The molecule has 180 valence electrons. The van der Waals surface area contributed by atoms with E-state index in [1.807, 2.05) is 30.3 Å². The van der Waals surface area contributed by atoms with Crippen molar-refractivity contribution in [3.63, 3.8) is 0 Å². The van der Waals surface area contributed by atoms with E-state index in [9.17, 15) is 9.90 Å². The first-order chi connectivity index (χ1) is 17.5. The van der Waals surface area contributed by atoms with Gasteiger partial charge in [-0.05, 0) is 52.7 Å². The predicted molar refractivity (Wildman–Crippen MR) is 147 cm³/mol. The molecule has 5 heteroatoms. The third-order valence-corrected chi connectivity index (χ3v) is 6.98. The van der Waals surface area contributed by atoms with Gasteiger partial charge >= 0.3 is 5.97 Å². The largest absolute Gasteiger partial charge is 0.489 e. The molecule has 1 N–H and O–H groups in total. The fourth-order valence-electron chi connectivity index (χ4n) is 4.16. The Morgan fingerprint density at radius 1 is 0.861 bits per heavy atom. The van der Waals surface area contributed by atoms with E-state index in [2.05, 4.69) is 67.2 Å². The molecule has 5 aromatic carbocycles. The van der Waals surface area contributed by atoms with Gasteiger partial charge in [-0.3, -0.25) is 0 Å². The Morgan fingerprint density at radius 3 is 2.39 bits per heavy atom. The lowest BCUT2D eigenvalue weighted by atomic mass is 10.0. The number of esters is 1. The van der Waals surface area contributed by atoms with Gasteiger partial charge in [-0.1, -0.05) is 85.1 Å². The summed E-state index contributed by atoms with van der Waals surface area (Å²) in [6.07, 6.45) is -0.970. The Kier molecular flexibility index (Phi) is 6.94. The molecule has 0 amide bonds. The summed E-state index contributed by atoms with van der Waals surface area (Å²) in [6.45, 7) is 4.97. The molecule has 0 saturated heterocycles. The van der Waals surface area contributed by atoms with Crippen LogP contribution in [-0.2, 0) is 9.53 Å². The molecule has 4 nitrogen and oxygen atoms in total. The van der Waals surface area contributed by atoms with Gasteiger partial charge in [0.2, 0.25) is 0 Å². The first-order valence-electron chi connectivity index (χ1n) is 11.7. The summed E-state index contributed by atoms with van der Waals surface area (Å²) in [7, 11) is 0. The molecule has 0 aliphatic heterocycles. The quantitative estimate of drug-likeness (QED) is 0.141. The second-order valence-electron chi connectivity index (χ2n) is 8.74. The van der Waals surface area contributed by atoms with Gasteiger partial charge in [0.1, 0.15) is 25.1 Å². The number of carbonyl (C=O) groups is 1. The summed E-state index contributed by atoms with van der Waals surface area (Å²) >= 11 is 1.68. The summed E-state index contributed by atoms with van der Waals surface area (Å²) in [6, 6.07) is 31.2. The average molecular weight is 495 g/mol. The lowest BCUT2D eigenvalue weighted by Crippen LogP contribution is -2.25. The number of aliphatic hydroxyl groups is 1. The summed E-state index contributed by atoms with van der Waals surface area (Å²) < 4.78 is 11.4. The molecular weight excluding hydrogens is 468 g/mol. The maximum Gasteiger partial charge on any atom is 0.333 e. The van der Waals surface area contributed by atoms with E-state index < -0.39 is 12.1 Å². The third-order valence-electron chi connectivity index (χ3n) is 5.93. The van der Waals surface area contributed by atoms with Gasteiger partial charge in [0.25, 0.3) is 0 Å². The second-order valence-corrected chi connectivity index (χ2v) is 9.85.